The summed E-state index contributed by atoms with van der Waals surface area (Å²) in [6.45, 7) is 0.653. The third kappa shape index (κ3) is 2.34. The summed E-state index contributed by atoms with van der Waals surface area (Å²) in [5.41, 5.74) is 0.676. The average Bonchev–Trinajstić information content (AvgIpc) is 3.31. The molecule has 0 radical (unpaired) electrons. The van der Waals surface area contributed by atoms with Crippen molar-refractivity contribution >= 4 is 22.6 Å². The van der Waals surface area contributed by atoms with E-state index in [1.807, 2.05) is 47.4 Å². The van der Waals surface area contributed by atoms with Crippen LogP contribution in [0.15, 0.2) is 42.5 Å². The molecule has 2 aromatic carbocycles. The molecule has 4 rings (SSSR count). The maximum atomic E-state index is 12.6. The molecule has 22 heavy (non-hydrogen) atoms. The number of carbonyl (C=O) groups is 2. The summed E-state index contributed by atoms with van der Waals surface area (Å²) in [5.74, 6) is 0.0815. The summed E-state index contributed by atoms with van der Waals surface area (Å²) < 4.78 is 0. The molecule has 1 saturated carbocycles. The van der Waals surface area contributed by atoms with Gasteiger partial charge in [-0.3, -0.25) is 9.59 Å². The van der Waals surface area contributed by atoms with E-state index in [0.29, 0.717) is 24.6 Å². The number of hydrogen-bond acceptors (Lipinski definition) is 2. The van der Waals surface area contributed by atoms with E-state index in [1.165, 1.54) is 0 Å². The third-order valence-corrected chi connectivity index (χ3v) is 4.52. The zero-order valence-electron chi connectivity index (χ0n) is 12.3. The van der Waals surface area contributed by atoms with Gasteiger partial charge < -0.3 is 10.2 Å². The largest absolute Gasteiger partial charge is 0.347 e. The van der Waals surface area contributed by atoms with Crippen LogP contribution in [0.25, 0.3) is 10.8 Å². The Kier molecular flexibility index (Phi) is 3.10. The Morgan fingerprint density at radius 2 is 1.86 bits per heavy atom. The summed E-state index contributed by atoms with van der Waals surface area (Å²) >= 11 is 0. The molecule has 0 spiro atoms. The highest BCUT2D eigenvalue weighted by Gasteiger charge is 2.39. The van der Waals surface area contributed by atoms with E-state index in [-0.39, 0.29) is 17.9 Å². The highest BCUT2D eigenvalue weighted by atomic mass is 16.2. The Bertz CT molecular complexity index is 746. The van der Waals surface area contributed by atoms with Crippen molar-refractivity contribution in [3.05, 3.63) is 48.0 Å². The normalized spacial score (nSPS) is 21.4. The number of amides is 2. The molecule has 1 aliphatic carbocycles. The number of fused-ring (bicyclic) bond motifs is 1. The van der Waals surface area contributed by atoms with Crippen molar-refractivity contribution in [2.75, 3.05) is 6.54 Å². The molecule has 1 saturated heterocycles. The van der Waals surface area contributed by atoms with Crippen molar-refractivity contribution in [3.63, 3.8) is 0 Å². The number of hydrogen-bond donors (Lipinski definition) is 1. The van der Waals surface area contributed by atoms with Gasteiger partial charge in [-0.25, -0.2) is 0 Å². The maximum Gasteiger partial charge on any atom is 0.252 e. The molecule has 2 fully saturated rings. The Morgan fingerprint density at radius 3 is 2.68 bits per heavy atom. The van der Waals surface area contributed by atoms with E-state index in [0.717, 1.165) is 23.6 Å². The zero-order chi connectivity index (χ0) is 15.1. The van der Waals surface area contributed by atoms with Gasteiger partial charge in [0.1, 0.15) is 0 Å². The van der Waals surface area contributed by atoms with Crippen LogP contribution in [0.2, 0.25) is 0 Å². The number of rotatable bonds is 3. The molecule has 0 aromatic heterocycles. The molecule has 2 aromatic rings. The molecular weight excluding hydrogens is 276 g/mol. The predicted octanol–water partition coefficient (Wildman–Crippen LogP) is 2.33. The van der Waals surface area contributed by atoms with Crippen LogP contribution >= 0.6 is 0 Å². The van der Waals surface area contributed by atoms with Gasteiger partial charge in [0.05, 0.1) is 6.04 Å². The molecule has 1 unspecified atom stereocenters. The fraction of sp³-hybridized carbons (Fsp3) is 0.333. The highest BCUT2D eigenvalue weighted by Crippen LogP contribution is 2.30. The van der Waals surface area contributed by atoms with E-state index in [1.54, 1.807) is 0 Å². The SMILES string of the molecule is O=C(NC1CC(=O)N(C2CC2)C1)c1cccc2ccccc12. The van der Waals surface area contributed by atoms with E-state index in [9.17, 15) is 9.59 Å². The molecule has 112 valence electrons. The summed E-state index contributed by atoms with van der Waals surface area (Å²) in [6, 6.07) is 14.0. The first-order valence-corrected chi connectivity index (χ1v) is 7.80. The van der Waals surface area contributed by atoms with Gasteiger partial charge in [0, 0.05) is 24.6 Å². The van der Waals surface area contributed by atoms with Crippen LogP contribution in [0, 0.1) is 0 Å². The summed E-state index contributed by atoms with van der Waals surface area (Å²) in [6.07, 6.45) is 2.64. The highest BCUT2D eigenvalue weighted by molar-refractivity contribution is 6.07. The van der Waals surface area contributed by atoms with Gasteiger partial charge in [-0.15, -0.1) is 0 Å². The van der Waals surface area contributed by atoms with E-state index >= 15 is 0 Å². The first kappa shape index (κ1) is 13.3. The van der Waals surface area contributed by atoms with Gasteiger partial charge in [-0.1, -0.05) is 36.4 Å². The number of nitrogens with one attached hydrogen (secondary N) is 1. The lowest BCUT2D eigenvalue weighted by Gasteiger charge is -2.16. The fourth-order valence-corrected chi connectivity index (χ4v) is 3.25. The van der Waals surface area contributed by atoms with Crippen molar-refractivity contribution in [1.29, 1.82) is 0 Å². The Hall–Kier alpha value is -2.36. The van der Waals surface area contributed by atoms with Crippen LogP contribution in [-0.4, -0.2) is 35.3 Å². The van der Waals surface area contributed by atoms with E-state index in [4.69, 9.17) is 0 Å². The van der Waals surface area contributed by atoms with Crippen molar-refractivity contribution in [1.82, 2.24) is 10.2 Å². The first-order valence-electron chi connectivity index (χ1n) is 7.80. The van der Waals surface area contributed by atoms with Gasteiger partial charge in [-0.2, -0.15) is 0 Å². The third-order valence-electron chi connectivity index (χ3n) is 4.52. The number of carbonyl (C=O) groups excluding carboxylic acids is 2. The second-order valence-electron chi connectivity index (χ2n) is 6.18. The van der Waals surface area contributed by atoms with Gasteiger partial charge in [-0.05, 0) is 29.7 Å². The van der Waals surface area contributed by atoms with Crippen molar-refractivity contribution in [2.45, 2.75) is 31.3 Å². The lowest BCUT2D eigenvalue weighted by atomic mass is 10.0. The van der Waals surface area contributed by atoms with Gasteiger partial charge in [0.2, 0.25) is 5.91 Å². The zero-order valence-corrected chi connectivity index (χ0v) is 12.3. The lowest BCUT2D eigenvalue weighted by molar-refractivity contribution is -0.128. The molecule has 1 atom stereocenters. The molecule has 4 nitrogen and oxygen atoms in total. The summed E-state index contributed by atoms with van der Waals surface area (Å²) in [7, 11) is 0. The lowest BCUT2D eigenvalue weighted by Crippen LogP contribution is -2.37. The fourth-order valence-electron chi connectivity index (χ4n) is 3.25. The van der Waals surface area contributed by atoms with Crippen LogP contribution in [-0.2, 0) is 4.79 Å². The number of likely N-dealkylation sites (tertiary alicyclic amines) is 1. The molecule has 4 heteroatoms. The molecule has 2 aliphatic rings. The monoisotopic (exact) mass is 294 g/mol. The van der Waals surface area contributed by atoms with Crippen molar-refractivity contribution in [2.24, 2.45) is 0 Å². The Labute approximate surface area is 129 Å². The molecule has 1 heterocycles. The van der Waals surface area contributed by atoms with Gasteiger partial charge in [0.15, 0.2) is 0 Å². The smallest absolute Gasteiger partial charge is 0.252 e. The van der Waals surface area contributed by atoms with Gasteiger partial charge in [0.25, 0.3) is 5.91 Å². The quantitative estimate of drug-likeness (QED) is 0.944. The van der Waals surface area contributed by atoms with E-state index in [2.05, 4.69) is 5.32 Å². The molecule has 1 aliphatic heterocycles. The molecule has 1 N–H and O–H groups in total. The Morgan fingerprint density at radius 1 is 1.09 bits per heavy atom. The summed E-state index contributed by atoms with van der Waals surface area (Å²) in [5, 5.41) is 5.03. The topological polar surface area (TPSA) is 49.4 Å². The van der Waals surface area contributed by atoms with Crippen LogP contribution in [0.1, 0.15) is 29.6 Å². The van der Waals surface area contributed by atoms with Gasteiger partial charge >= 0.3 is 0 Å². The predicted molar refractivity (Wildman–Crippen MR) is 84.6 cm³/mol. The molecule has 0 bridgehead atoms. The van der Waals surface area contributed by atoms with Crippen LogP contribution < -0.4 is 5.32 Å². The molecule has 2 amide bonds. The summed E-state index contributed by atoms with van der Waals surface area (Å²) in [4.78, 5) is 26.5. The second-order valence-corrected chi connectivity index (χ2v) is 6.18. The first-order chi connectivity index (χ1) is 10.7. The number of benzene rings is 2. The minimum absolute atomic E-state index is 0.0698. The van der Waals surface area contributed by atoms with Crippen molar-refractivity contribution < 1.29 is 9.59 Å². The average molecular weight is 294 g/mol. The van der Waals surface area contributed by atoms with Crippen LogP contribution in [0.3, 0.4) is 0 Å². The minimum Gasteiger partial charge on any atom is -0.347 e. The van der Waals surface area contributed by atoms with E-state index < -0.39 is 0 Å². The van der Waals surface area contributed by atoms with Crippen molar-refractivity contribution in [3.8, 4) is 0 Å². The number of nitrogens with zero attached hydrogens (tertiary/aromatic N) is 1. The molecular formula is C18H18N2O2. The maximum absolute atomic E-state index is 12.6. The minimum atomic E-state index is -0.0905. The standard InChI is InChI=1S/C18H18N2O2/c21-17-10-13(11-20(17)14-8-9-14)19-18(22)16-7-3-5-12-4-1-2-6-15(12)16/h1-7,13-14H,8-11H2,(H,19,22). The Balaban J connectivity index is 1.53. The second kappa shape index (κ2) is 5.13. The van der Waals surface area contributed by atoms with Crippen LogP contribution in [0.5, 0.6) is 0 Å². The van der Waals surface area contributed by atoms with Crippen LogP contribution in [0.4, 0.5) is 0 Å².